The number of carbonyl (C=O) groups excluding carboxylic acids is 2. The summed E-state index contributed by atoms with van der Waals surface area (Å²) >= 11 is 0. The molecule has 0 aliphatic carbocycles. The van der Waals surface area contributed by atoms with Crippen molar-refractivity contribution < 1.29 is 24.5 Å². The minimum Gasteiger partial charge on any atom is -0.466 e. The molecular weight excluding hydrogens is 743 g/mol. The van der Waals surface area contributed by atoms with E-state index in [4.69, 9.17) is 4.74 Å². The maximum atomic E-state index is 12.4. The van der Waals surface area contributed by atoms with E-state index in [1.807, 2.05) is 6.08 Å². The molecule has 0 aliphatic rings. The van der Waals surface area contributed by atoms with E-state index in [1.165, 1.54) is 225 Å². The molecule has 0 saturated heterocycles. The number of aliphatic hydroxyl groups is 2. The molecule has 0 spiro atoms. The Hall–Kier alpha value is -1.40. The summed E-state index contributed by atoms with van der Waals surface area (Å²) in [5.74, 6) is -0.0709. The topological polar surface area (TPSA) is 95.9 Å². The predicted octanol–water partition coefficient (Wildman–Crippen LogP) is 16.1. The number of rotatable bonds is 50. The smallest absolute Gasteiger partial charge is 0.305 e. The van der Waals surface area contributed by atoms with Crippen LogP contribution in [0.4, 0.5) is 0 Å². The summed E-state index contributed by atoms with van der Waals surface area (Å²) in [5, 5.41) is 23.1. The number of hydrogen-bond acceptors (Lipinski definition) is 5. The minimum atomic E-state index is -0.847. The standard InChI is InChI=1S/C54H105NO5/c1-3-5-7-9-11-13-15-16-17-20-23-27-30-34-38-42-46-52(57)51(50-56)55-53(58)47-43-39-35-31-28-24-21-18-19-22-25-29-33-37-41-45-49-60-54(59)48-44-40-36-32-26-14-12-10-8-6-4-2/h42,46,51-52,56-57H,3-41,43-45,47-50H2,1-2H3,(H,55,58)/b46-42+. The van der Waals surface area contributed by atoms with Crippen LogP contribution in [0, 0.1) is 0 Å². The van der Waals surface area contributed by atoms with Crippen LogP contribution in [0.3, 0.4) is 0 Å². The van der Waals surface area contributed by atoms with E-state index in [-0.39, 0.29) is 18.5 Å². The average Bonchev–Trinajstić information content (AvgIpc) is 3.25. The lowest BCUT2D eigenvalue weighted by Gasteiger charge is -2.20. The summed E-state index contributed by atoms with van der Waals surface area (Å²) < 4.78 is 5.45. The second-order valence-corrected chi connectivity index (χ2v) is 18.6. The van der Waals surface area contributed by atoms with Crippen molar-refractivity contribution in [2.24, 2.45) is 0 Å². The van der Waals surface area contributed by atoms with Crippen molar-refractivity contribution in [2.45, 2.75) is 309 Å². The maximum Gasteiger partial charge on any atom is 0.305 e. The molecule has 6 nitrogen and oxygen atoms in total. The van der Waals surface area contributed by atoms with Crippen molar-refractivity contribution >= 4 is 11.9 Å². The number of allylic oxidation sites excluding steroid dienone is 1. The number of nitrogens with one attached hydrogen (secondary N) is 1. The molecule has 2 atom stereocenters. The molecule has 0 saturated carbocycles. The first-order valence-electron chi connectivity index (χ1n) is 27.0. The highest BCUT2D eigenvalue weighted by Gasteiger charge is 2.18. The molecule has 0 radical (unpaired) electrons. The van der Waals surface area contributed by atoms with E-state index in [2.05, 4.69) is 19.2 Å². The second kappa shape index (κ2) is 50.2. The average molecular weight is 848 g/mol. The van der Waals surface area contributed by atoms with Gasteiger partial charge in [-0.05, 0) is 32.1 Å². The largest absolute Gasteiger partial charge is 0.466 e. The van der Waals surface area contributed by atoms with Gasteiger partial charge in [0.1, 0.15) is 0 Å². The number of aliphatic hydroxyl groups excluding tert-OH is 2. The fourth-order valence-electron chi connectivity index (χ4n) is 8.40. The lowest BCUT2D eigenvalue weighted by molar-refractivity contribution is -0.143. The Bertz CT molecular complexity index is 893. The van der Waals surface area contributed by atoms with Gasteiger partial charge >= 0.3 is 5.97 Å². The summed E-state index contributed by atoms with van der Waals surface area (Å²) in [6, 6.07) is -0.631. The van der Waals surface area contributed by atoms with Crippen LogP contribution in [0.2, 0.25) is 0 Å². The molecule has 0 aromatic heterocycles. The fourth-order valence-corrected chi connectivity index (χ4v) is 8.40. The van der Waals surface area contributed by atoms with Crippen LogP contribution in [-0.2, 0) is 14.3 Å². The molecule has 0 aromatic rings. The van der Waals surface area contributed by atoms with Gasteiger partial charge in [0.25, 0.3) is 0 Å². The van der Waals surface area contributed by atoms with Gasteiger partial charge in [0.15, 0.2) is 0 Å². The van der Waals surface area contributed by atoms with Gasteiger partial charge in [-0.15, -0.1) is 0 Å². The third kappa shape index (κ3) is 46.1. The van der Waals surface area contributed by atoms with Gasteiger partial charge in [0, 0.05) is 12.8 Å². The van der Waals surface area contributed by atoms with E-state index in [0.29, 0.717) is 19.4 Å². The Labute approximate surface area is 374 Å². The first-order valence-corrected chi connectivity index (χ1v) is 27.0. The summed E-state index contributed by atoms with van der Waals surface area (Å²) in [4.78, 5) is 24.4. The maximum absolute atomic E-state index is 12.4. The zero-order chi connectivity index (χ0) is 43.7. The molecule has 60 heavy (non-hydrogen) atoms. The third-order valence-corrected chi connectivity index (χ3v) is 12.6. The SMILES string of the molecule is CCCCCCCCCCCCCCCC/C=C/C(O)C(CO)NC(=O)CCCCCCCCCCCCCCCCCCOC(=O)CCCCCCCCCCCCC. The number of esters is 1. The van der Waals surface area contributed by atoms with Gasteiger partial charge in [0.05, 0.1) is 25.4 Å². The van der Waals surface area contributed by atoms with Gasteiger partial charge in [-0.1, -0.05) is 264 Å². The minimum absolute atomic E-state index is 0.00209. The molecule has 6 heteroatoms. The Morgan fingerprint density at radius 2 is 0.767 bits per heavy atom. The number of unbranched alkanes of at least 4 members (excludes halogenated alkanes) is 39. The lowest BCUT2D eigenvalue weighted by atomic mass is 10.0. The van der Waals surface area contributed by atoms with Gasteiger partial charge in [0.2, 0.25) is 5.91 Å². The van der Waals surface area contributed by atoms with Crippen molar-refractivity contribution in [1.82, 2.24) is 5.32 Å². The fraction of sp³-hybridized carbons (Fsp3) is 0.926. The molecule has 3 N–H and O–H groups in total. The normalized spacial score (nSPS) is 12.7. The molecule has 1 amide bonds. The van der Waals surface area contributed by atoms with Gasteiger partial charge < -0.3 is 20.3 Å². The molecule has 2 unspecified atom stereocenters. The van der Waals surface area contributed by atoms with Gasteiger partial charge in [-0.25, -0.2) is 0 Å². The summed E-state index contributed by atoms with van der Waals surface area (Å²) in [6.45, 7) is 4.90. The van der Waals surface area contributed by atoms with Crippen molar-refractivity contribution in [3.8, 4) is 0 Å². The third-order valence-electron chi connectivity index (χ3n) is 12.6. The lowest BCUT2D eigenvalue weighted by Crippen LogP contribution is -2.45. The van der Waals surface area contributed by atoms with Crippen LogP contribution < -0.4 is 5.32 Å². The highest BCUT2D eigenvalue weighted by atomic mass is 16.5. The van der Waals surface area contributed by atoms with E-state index < -0.39 is 12.1 Å². The molecule has 0 fully saturated rings. The van der Waals surface area contributed by atoms with Crippen molar-refractivity contribution in [1.29, 1.82) is 0 Å². The molecule has 0 rings (SSSR count). The first-order chi connectivity index (χ1) is 29.5. The summed E-state index contributed by atoms with van der Waals surface area (Å²) in [5.41, 5.74) is 0. The van der Waals surface area contributed by atoms with Crippen LogP contribution >= 0.6 is 0 Å². The van der Waals surface area contributed by atoms with Crippen LogP contribution in [0.25, 0.3) is 0 Å². The molecule has 0 heterocycles. The zero-order valence-corrected chi connectivity index (χ0v) is 40.5. The predicted molar refractivity (Wildman–Crippen MR) is 260 cm³/mol. The Balaban J connectivity index is 3.46. The summed E-state index contributed by atoms with van der Waals surface area (Å²) in [7, 11) is 0. The van der Waals surface area contributed by atoms with Crippen LogP contribution in [0.1, 0.15) is 296 Å². The quantitative estimate of drug-likeness (QED) is 0.0322. The van der Waals surface area contributed by atoms with E-state index >= 15 is 0 Å². The molecule has 0 bridgehead atoms. The van der Waals surface area contributed by atoms with Gasteiger partial charge in [-0.3, -0.25) is 9.59 Å². The van der Waals surface area contributed by atoms with Crippen LogP contribution in [0.5, 0.6) is 0 Å². The van der Waals surface area contributed by atoms with E-state index in [1.54, 1.807) is 6.08 Å². The molecule has 0 aromatic carbocycles. The van der Waals surface area contributed by atoms with Crippen LogP contribution in [-0.4, -0.2) is 47.4 Å². The van der Waals surface area contributed by atoms with Gasteiger partial charge in [-0.2, -0.15) is 0 Å². The molecule has 0 aliphatic heterocycles. The Morgan fingerprint density at radius 3 is 1.13 bits per heavy atom. The monoisotopic (exact) mass is 848 g/mol. The number of ether oxygens (including phenoxy) is 1. The Kier molecular flexibility index (Phi) is 49.1. The molecular formula is C54H105NO5. The number of hydrogen-bond donors (Lipinski definition) is 3. The van der Waals surface area contributed by atoms with E-state index in [0.717, 1.165) is 44.9 Å². The first kappa shape index (κ1) is 58.6. The second-order valence-electron chi connectivity index (χ2n) is 18.6. The highest BCUT2D eigenvalue weighted by molar-refractivity contribution is 5.76. The van der Waals surface area contributed by atoms with E-state index in [9.17, 15) is 19.8 Å². The van der Waals surface area contributed by atoms with Crippen molar-refractivity contribution in [2.75, 3.05) is 13.2 Å². The highest BCUT2D eigenvalue weighted by Crippen LogP contribution is 2.17. The summed E-state index contributed by atoms with van der Waals surface area (Å²) in [6.07, 6.45) is 57.8. The Morgan fingerprint density at radius 1 is 0.450 bits per heavy atom. The number of amides is 1. The van der Waals surface area contributed by atoms with Crippen molar-refractivity contribution in [3.05, 3.63) is 12.2 Å². The van der Waals surface area contributed by atoms with Crippen molar-refractivity contribution in [3.63, 3.8) is 0 Å². The van der Waals surface area contributed by atoms with Crippen LogP contribution in [0.15, 0.2) is 12.2 Å². The molecule has 356 valence electrons. The zero-order valence-electron chi connectivity index (χ0n) is 40.5. The number of carbonyl (C=O) groups is 2.